The molecule has 28 heavy (non-hydrogen) atoms. The summed E-state index contributed by atoms with van der Waals surface area (Å²) in [5.74, 6) is 6.27. The summed E-state index contributed by atoms with van der Waals surface area (Å²) in [5, 5.41) is 0. The summed E-state index contributed by atoms with van der Waals surface area (Å²) in [7, 11) is 0. The van der Waals surface area contributed by atoms with Crippen LogP contribution in [0.1, 0.15) is 143 Å². The first-order valence-electron chi connectivity index (χ1n) is 13.6. The van der Waals surface area contributed by atoms with Gasteiger partial charge in [0.1, 0.15) is 0 Å². The fraction of sp³-hybridized carbons (Fsp3) is 1.00. The van der Waals surface area contributed by atoms with Gasteiger partial charge < -0.3 is 0 Å². The van der Waals surface area contributed by atoms with E-state index in [2.05, 4.69) is 27.7 Å². The molecule has 4 fully saturated rings. The maximum atomic E-state index is 2.44. The lowest BCUT2D eigenvalue weighted by molar-refractivity contribution is 0.137. The van der Waals surface area contributed by atoms with Crippen molar-refractivity contribution in [2.45, 2.75) is 143 Å². The van der Waals surface area contributed by atoms with Crippen LogP contribution < -0.4 is 0 Å². The predicted octanol–water partition coefficient (Wildman–Crippen LogP) is 9.81. The largest absolute Gasteiger partial charge is 0.0625 e. The average Bonchev–Trinajstić information content (AvgIpc) is 2.65. The zero-order valence-corrected chi connectivity index (χ0v) is 20.2. The van der Waals surface area contributed by atoms with Crippen molar-refractivity contribution >= 4 is 0 Å². The average molecular weight is 391 g/mol. The third kappa shape index (κ3) is 9.67. The molecule has 0 amide bonds. The molecule has 0 aliphatic heterocycles. The molecule has 4 saturated carbocycles. The number of rotatable bonds is 0. The molecule has 0 nitrogen and oxygen atoms in total. The highest BCUT2D eigenvalue weighted by Crippen LogP contribution is 2.42. The first kappa shape index (κ1) is 24.3. The number of fused-ring (bicyclic) bond motifs is 1. The van der Waals surface area contributed by atoms with Crippen LogP contribution in [0, 0.1) is 35.5 Å². The Bertz CT molecular complexity index is 348. The van der Waals surface area contributed by atoms with Gasteiger partial charge in [0.2, 0.25) is 0 Å². The summed E-state index contributed by atoms with van der Waals surface area (Å²) in [6, 6.07) is 0. The Hall–Kier alpha value is 0. The van der Waals surface area contributed by atoms with Crippen LogP contribution in [0.25, 0.3) is 0 Å². The minimum absolute atomic E-state index is 0.980. The molecule has 0 N–H and O–H groups in total. The molecule has 6 unspecified atom stereocenters. The summed E-state index contributed by atoms with van der Waals surface area (Å²) < 4.78 is 0. The lowest BCUT2D eigenvalue weighted by atomic mass is 9.68. The summed E-state index contributed by atoms with van der Waals surface area (Å²) in [4.78, 5) is 0. The molecule has 4 aliphatic rings. The van der Waals surface area contributed by atoms with Crippen LogP contribution in [0.2, 0.25) is 0 Å². The van der Waals surface area contributed by atoms with E-state index in [0.29, 0.717) is 0 Å². The molecule has 6 atom stereocenters. The van der Waals surface area contributed by atoms with Crippen molar-refractivity contribution in [1.29, 1.82) is 0 Å². The smallest absolute Gasteiger partial charge is 0.0383 e. The van der Waals surface area contributed by atoms with Gasteiger partial charge in [-0.3, -0.25) is 0 Å². The highest BCUT2D eigenvalue weighted by atomic mass is 14.4. The minimum Gasteiger partial charge on any atom is -0.0625 e. The van der Waals surface area contributed by atoms with Gasteiger partial charge in [-0.05, 0) is 54.8 Å². The van der Waals surface area contributed by atoms with Gasteiger partial charge >= 0.3 is 0 Å². The Balaban J connectivity index is 0.000000153. The highest BCUT2D eigenvalue weighted by molar-refractivity contribution is 4.81. The second-order valence-electron chi connectivity index (χ2n) is 11.4. The van der Waals surface area contributed by atoms with Crippen molar-refractivity contribution in [3.8, 4) is 0 Å². The van der Waals surface area contributed by atoms with Gasteiger partial charge in [-0.25, -0.2) is 0 Å². The molecular formula is C28H54. The van der Waals surface area contributed by atoms with Gasteiger partial charge in [0, 0.05) is 0 Å². The number of hydrogen-bond acceptors (Lipinski definition) is 0. The van der Waals surface area contributed by atoms with Crippen LogP contribution in [0.3, 0.4) is 0 Å². The van der Waals surface area contributed by atoms with Crippen molar-refractivity contribution in [3.63, 3.8) is 0 Å². The van der Waals surface area contributed by atoms with Gasteiger partial charge in [0.05, 0.1) is 0 Å². The predicted molar refractivity (Wildman–Crippen MR) is 127 cm³/mol. The van der Waals surface area contributed by atoms with E-state index in [1.54, 1.807) is 25.7 Å². The SMILES string of the molecule is C1CCCCCCC1.CC1CCC(C)C(C)C1.CC1CCC2CCCCC2C1. The van der Waals surface area contributed by atoms with Crippen molar-refractivity contribution < 1.29 is 0 Å². The van der Waals surface area contributed by atoms with E-state index in [4.69, 9.17) is 0 Å². The maximum absolute atomic E-state index is 2.44. The van der Waals surface area contributed by atoms with E-state index in [-0.39, 0.29) is 0 Å². The Morgan fingerprint density at radius 2 is 0.821 bits per heavy atom. The van der Waals surface area contributed by atoms with Gasteiger partial charge in [-0.1, -0.05) is 124 Å². The summed E-state index contributed by atoms with van der Waals surface area (Å²) >= 11 is 0. The molecule has 0 aromatic carbocycles. The van der Waals surface area contributed by atoms with Crippen LogP contribution >= 0.6 is 0 Å². The second-order valence-corrected chi connectivity index (χ2v) is 11.4. The monoisotopic (exact) mass is 390 g/mol. The third-order valence-electron chi connectivity index (χ3n) is 8.66. The molecule has 0 saturated heterocycles. The molecular weight excluding hydrogens is 336 g/mol. The van der Waals surface area contributed by atoms with Gasteiger partial charge in [-0.15, -0.1) is 0 Å². The van der Waals surface area contributed by atoms with Crippen LogP contribution in [0.15, 0.2) is 0 Å². The fourth-order valence-corrected chi connectivity index (χ4v) is 6.34. The quantitative estimate of drug-likeness (QED) is 0.386. The van der Waals surface area contributed by atoms with Gasteiger partial charge in [0.15, 0.2) is 0 Å². The Kier molecular flexibility index (Phi) is 12.2. The molecule has 0 bridgehead atoms. The van der Waals surface area contributed by atoms with Gasteiger partial charge in [-0.2, -0.15) is 0 Å². The van der Waals surface area contributed by atoms with E-state index in [9.17, 15) is 0 Å². The maximum Gasteiger partial charge on any atom is -0.0383 e. The second kappa shape index (κ2) is 14.1. The Morgan fingerprint density at radius 1 is 0.357 bits per heavy atom. The molecule has 0 spiro atoms. The normalized spacial score (nSPS) is 39.0. The van der Waals surface area contributed by atoms with Crippen LogP contribution in [0.5, 0.6) is 0 Å². The van der Waals surface area contributed by atoms with Crippen LogP contribution in [-0.2, 0) is 0 Å². The molecule has 166 valence electrons. The van der Waals surface area contributed by atoms with E-state index in [1.165, 1.54) is 89.9 Å². The zero-order chi connectivity index (χ0) is 20.2. The van der Waals surface area contributed by atoms with Crippen molar-refractivity contribution in [1.82, 2.24) is 0 Å². The summed E-state index contributed by atoms with van der Waals surface area (Å²) in [6.07, 6.45) is 27.1. The van der Waals surface area contributed by atoms with Gasteiger partial charge in [0.25, 0.3) is 0 Å². The summed E-state index contributed by atoms with van der Waals surface area (Å²) in [6.45, 7) is 9.59. The third-order valence-corrected chi connectivity index (χ3v) is 8.66. The standard InChI is InChI=1S/C11H20.C9H18.C8H16/c1-9-6-7-10-4-2-3-5-11(10)8-9;1-7-4-5-8(2)9(3)6-7;1-2-4-6-8-7-5-3-1/h9-11H,2-8H2,1H3;7-9H,4-6H2,1-3H3;1-8H2. The van der Waals surface area contributed by atoms with E-state index >= 15 is 0 Å². The molecule has 0 heteroatoms. The molecule has 0 heterocycles. The first-order valence-corrected chi connectivity index (χ1v) is 13.6. The Labute approximate surface area is 179 Å². The first-order chi connectivity index (χ1) is 13.6. The van der Waals surface area contributed by atoms with E-state index in [1.807, 2.05) is 0 Å². The Morgan fingerprint density at radius 3 is 1.32 bits per heavy atom. The minimum atomic E-state index is 0.980. The molecule has 0 radical (unpaired) electrons. The molecule has 0 aromatic heterocycles. The molecule has 4 rings (SSSR count). The lowest BCUT2D eigenvalue weighted by Gasteiger charge is -2.38. The highest BCUT2D eigenvalue weighted by Gasteiger charge is 2.30. The van der Waals surface area contributed by atoms with E-state index < -0.39 is 0 Å². The topological polar surface area (TPSA) is 0 Å². The zero-order valence-electron chi connectivity index (χ0n) is 20.2. The number of hydrogen-bond donors (Lipinski definition) is 0. The molecule has 0 aromatic rings. The van der Waals surface area contributed by atoms with Crippen molar-refractivity contribution in [3.05, 3.63) is 0 Å². The van der Waals surface area contributed by atoms with Crippen LogP contribution in [0.4, 0.5) is 0 Å². The lowest BCUT2D eigenvalue weighted by Crippen LogP contribution is -2.26. The van der Waals surface area contributed by atoms with Crippen LogP contribution in [-0.4, -0.2) is 0 Å². The van der Waals surface area contributed by atoms with Crippen molar-refractivity contribution in [2.24, 2.45) is 35.5 Å². The fourth-order valence-electron chi connectivity index (χ4n) is 6.34. The summed E-state index contributed by atoms with van der Waals surface area (Å²) in [5.41, 5.74) is 0. The molecule has 4 aliphatic carbocycles. The van der Waals surface area contributed by atoms with Crippen molar-refractivity contribution in [2.75, 3.05) is 0 Å². The van der Waals surface area contributed by atoms with E-state index in [0.717, 1.165) is 35.5 Å².